The first-order valence-electron chi connectivity index (χ1n) is 9.51. The lowest BCUT2D eigenvalue weighted by Gasteiger charge is -2.17. The van der Waals surface area contributed by atoms with Crippen LogP contribution in [0.15, 0.2) is 41.4 Å². The van der Waals surface area contributed by atoms with Crippen LogP contribution in [0.4, 0.5) is 0 Å². The van der Waals surface area contributed by atoms with Crippen LogP contribution in [-0.2, 0) is 17.6 Å². The fraction of sp³-hybridized carbons (Fsp3) is 0.381. The van der Waals surface area contributed by atoms with E-state index >= 15 is 0 Å². The monoisotopic (exact) mass is 377 g/mol. The Labute approximate surface area is 163 Å². The number of nitrogens with zero attached hydrogens (tertiary/aromatic N) is 5. The lowest BCUT2D eigenvalue weighted by Crippen LogP contribution is -2.30. The van der Waals surface area contributed by atoms with Crippen LogP contribution in [0, 0.1) is 19.8 Å². The van der Waals surface area contributed by atoms with Crippen molar-refractivity contribution in [3.05, 3.63) is 59.6 Å². The van der Waals surface area contributed by atoms with Crippen molar-refractivity contribution in [2.24, 2.45) is 5.92 Å². The normalized spacial score (nSPS) is 16.5. The molecule has 4 heterocycles. The van der Waals surface area contributed by atoms with Crippen LogP contribution in [0.3, 0.4) is 0 Å². The molecule has 4 rings (SSSR count). The number of hydrogen-bond acceptors (Lipinski definition) is 6. The number of aromatic nitrogens is 4. The van der Waals surface area contributed by atoms with Gasteiger partial charge in [0, 0.05) is 37.9 Å². The Bertz CT molecular complexity index is 950. The first kappa shape index (κ1) is 18.3. The van der Waals surface area contributed by atoms with Gasteiger partial charge in [-0.15, -0.1) is 0 Å². The van der Waals surface area contributed by atoms with Crippen molar-refractivity contribution in [1.82, 2.24) is 25.0 Å². The van der Waals surface area contributed by atoms with E-state index in [1.807, 2.05) is 30.9 Å². The molecule has 0 radical (unpaired) electrons. The molecule has 0 bridgehead atoms. The number of rotatable bonds is 5. The minimum absolute atomic E-state index is 0.153. The number of carbonyl (C=O) groups is 1. The molecule has 0 aliphatic carbocycles. The van der Waals surface area contributed by atoms with Crippen LogP contribution in [0.5, 0.6) is 0 Å². The van der Waals surface area contributed by atoms with Gasteiger partial charge in [-0.05, 0) is 44.2 Å². The van der Waals surface area contributed by atoms with Crippen LogP contribution < -0.4 is 0 Å². The van der Waals surface area contributed by atoms with Crippen molar-refractivity contribution in [3.63, 3.8) is 0 Å². The molecule has 0 aromatic carbocycles. The predicted octanol–water partition coefficient (Wildman–Crippen LogP) is 2.78. The smallest absolute Gasteiger partial charge is 0.227 e. The van der Waals surface area contributed by atoms with E-state index in [0.717, 1.165) is 59.9 Å². The highest BCUT2D eigenvalue weighted by atomic mass is 16.5. The molecule has 1 atom stereocenters. The van der Waals surface area contributed by atoms with Crippen LogP contribution in [0.1, 0.15) is 29.1 Å². The number of likely N-dealkylation sites (tertiary alicyclic amines) is 1. The van der Waals surface area contributed by atoms with E-state index in [2.05, 4.69) is 20.1 Å². The average molecular weight is 377 g/mol. The Morgan fingerprint density at radius 1 is 1.25 bits per heavy atom. The van der Waals surface area contributed by atoms with Gasteiger partial charge >= 0.3 is 0 Å². The number of aryl methyl sites for hydroxylation is 2. The third kappa shape index (κ3) is 3.78. The minimum atomic E-state index is 0.153. The molecule has 7 nitrogen and oxygen atoms in total. The largest absolute Gasteiger partial charge is 0.361 e. The molecule has 0 saturated carbocycles. The highest BCUT2D eigenvalue weighted by Gasteiger charge is 2.28. The number of amides is 1. The van der Waals surface area contributed by atoms with E-state index in [1.165, 1.54) is 0 Å². The van der Waals surface area contributed by atoms with Crippen molar-refractivity contribution < 1.29 is 9.32 Å². The standard InChI is InChI=1S/C21H23N5O2/c1-14-20(15(2)28-25-14)21-18(23-7-8-24-21)10-17-5-9-26(13-17)19(27)11-16-4-3-6-22-12-16/h3-4,6-8,12,17H,5,9-11,13H2,1-2H3/t17-/m0/s1. The quantitative estimate of drug-likeness (QED) is 0.680. The van der Waals surface area contributed by atoms with Crippen molar-refractivity contribution in [2.45, 2.75) is 33.1 Å². The summed E-state index contributed by atoms with van der Waals surface area (Å²) in [6.07, 6.45) is 9.04. The third-order valence-corrected chi connectivity index (χ3v) is 5.24. The Balaban J connectivity index is 1.45. The topological polar surface area (TPSA) is 85.0 Å². The molecule has 28 heavy (non-hydrogen) atoms. The Morgan fingerprint density at radius 2 is 2.11 bits per heavy atom. The molecule has 0 N–H and O–H groups in total. The van der Waals surface area contributed by atoms with Gasteiger partial charge in [0.05, 0.1) is 29.1 Å². The van der Waals surface area contributed by atoms with Crippen LogP contribution >= 0.6 is 0 Å². The number of pyridine rings is 1. The second kappa shape index (κ2) is 7.88. The second-order valence-corrected chi connectivity index (χ2v) is 7.29. The summed E-state index contributed by atoms with van der Waals surface area (Å²) in [6, 6.07) is 3.80. The Kier molecular flexibility index (Phi) is 5.14. The predicted molar refractivity (Wildman–Crippen MR) is 103 cm³/mol. The molecule has 1 fully saturated rings. The summed E-state index contributed by atoms with van der Waals surface area (Å²) in [7, 11) is 0. The van der Waals surface area contributed by atoms with E-state index in [-0.39, 0.29) is 5.91 Å². The average Bonchev–Trinajstić information content (AvgIpc) is 3.30. The van der Waals surface area contributed by atoms with E-state index in [9.17, 15) is 4.79 Å². The van der Waals surface area contributed by atoms with Gasteiger partial charge in [0.2, 0.25) is 5.91 Å². The molecule has 0 spiro atoms. The first-order chi connectivity index (χ1) is 13.6. The first-order valence-corrected chi connectivity index (χ1v) is 9.51. The summed E-state index contributed by atoms with van der Waals surface area (Å²) in [5.74, 6) is 1.27. The highest BCUT2D eigenvalue weighted by molar-refractivity contribution is 5.79. The molecule has 1 amide bonds. The van der Waals surface area contributed by atoms with Crippen LogP contribution in [0.2, 0.25) is 0 Å². The van der Waals surface area contributed by atoms with Crippen LogP contribution in [-0.4, -0.2) is 44.0 Å². The van der Waals surface area contributed by atoms with Crippen LogP contribution in [0.25, 0.3) is 11.3 Å². The lowest BCUT2D eigenvalue weighted by molar-refractivity contribution is -0.129. The van der Waals surface area contributed by atoms with Crippen molar-refractivity contribution in [3.8, 4) is 11.3 Å². The number of hydrogen-bond donors (Lipinski definition) is 0. The molecular weight excluding hydrogens is 354 g/mol. The van der Waals surface area contributed by atoms with Gasteiger partial charge in [0.1, 0.15) is 5.76 Å². The zero-order valence-corrected chi connectivity index (χ0v) is 16.1. The maximum atomic E-state index is 12.6. The summed E-state index contributed by atoms with van der Waals surface area (Å²) in [6.45, 7) is 5.34. The molecule has 3 aromatic rings. The van der Waals surface area contributed by atoms with E-state index in [4.69, 9.17) is 4.52 Å². The molecule has 3 aromatic heterocycles. The zero-order chi connectivity index (χ0) is 19.5. The summed E-state index contributed by atoms with van der Waals surface area (Å²) in [5.41, 5.74) is 4.46. The molecule has 7 heteroatoms. The zero-order valence-electron chi connectivity index (χ0n) is 16.1. The molecule has 144 valence electrons. The minimum Gasteiger partial charge on any atom is -0.361 e. The second-order valence-electron chi connectivity index (χ2n) is 7.29. The van der Waals surface area contributed by atoms with Crippen molar-refractivity contribution in [1.29, 1.82) is 0 Å². The van der Waals surface area contributed by atoms with E-state index < -0.39 is 0 Å². The molecule has 1 aliphatic rings. The Hall–Kier alpha value is -3.09. The van der Waals surface area contributed by atoms with Gasteiger partial charge in [-0.1, -0.05) is 11.2 Å². The van der Waals surface area contributed by atoms with E-state index in [0.29, 0.717) is 12.3 Å². The van der Waals surface area contributed by atoms with Gasteiger partial charge in [-0.25, -0.2) is 0 Å². The summed E-state index contributed by atoms with van der Waals surface area (Å²) in [4.78, 5) is 27.8. The van der Waals surface area contributed by atoms with Gasteiger partial charge in [0.25, 0.3) is 0 Å². The van der Waals surface area contributed by atoms with Gasteiger partial charge in [0.15, 0.2) is 0 Å². The molecular formula is C21H23N5O2. The Morgan fingerprint density at radius 3 is 2.86 bits per heavy atom. The van der Waals surface area contributed by atoms with Gasteiger partial charge < -0.3 is 9.42 Å². The van der Waals surface area contributed by atoms with Crippen molar-refractivity contribution in [2.75, 3.05) is 13.1 Å². The summed E-state index contributed by atoms with van der Waals surface area (Å²) < 4.78 is 5.30. The maximum absolute atomic E-state index is 12.6. The fourth-order valence-corrected chi connectivity index (χ4v) is 3.83. The maximum Gasteiger partial charge on any atom is 0.227 e. The molecule has 1 aliphatic heterocycles. The number of carbonyl (C=O) groups excluding carboxylic acids is 1. The molecule has 0 unspecified atom stereocenters. The summed E-state index contributed by atoms with van der Waals surface area (Å²) in [5, 5.41) is 4.04. The molecule has 1 saturated heterocycles. The third-order valence-electron chi connectivity index (χ3n) is 5.24. The highest BCUT2D eigenvalue weighted by Crippen LogP contribution is 2.30. The summed E-state index contributed by atoms with van der Waals surface area (Å²) >= 11 is 0. The van der Waals surface area contributed by atoms with E-state index in [1.54, 1.807) is 24.8 Å². The SMILES string of the molecule is Cc1noc(C)c1-c1nccnc1C[C@@H]1CCN(C(=O)Cc2cccnc2)C1. The fourth-order valence-electron chi connectivity index (χ4n) is 3.83. The van der Waals surface area contributed by atoms with Gasteiger partial charge in [-0.3, -0.25) is 19.7 Å². The van der Waals surface area contributed by atoms with Crippen molar-refractivity contribution >= 4 is 5.91 Å². The van der Waals surface area contributed by atoms with Gasteiger partial charge in [-0.2, -0.15) is 0 Å². The lowest BCUT2D eigenvalue weighted by atomic mass is 9.98.